The summed E-state index contributed by atoms with van der Waals surface area (Å²) in [4.78, 5) is 4.81. The van der Waals surface area contributed by atoms with Gasteiger partial charge in [0, 0.05) is 31.7 Å². The zero-order valence-corrected chi connectivity index (χ0v) is 13.4. The highest BCUT2D eigenvalue weighted by Crippen LogP contribution is 2.35. The van der Waals surface area contributed by atoms with E-state index in [2.05, 4.69) is 16.7 Å². The lowest BCUT2D eigenvalue weighted by Gasteiger charge is -2.18. The molecule has 0 unspecified atom stereocenters. The second-order valence-corrected chi connectivity index (χ2v) is 5.90. The molecule has 0 saturated heterocycles. The van der Waals surface area contributed by atoms with Crippen LogP contribution in [0, 0.1) is 0 Å². The number of benzene rings is 2. The van der Waals surface area contributed by atoms with Crippen molar-refractivity contribution in [2.75, 3.05) is 19.8 Å². The van der Waals surface area contributed by atoms with Crippen molar-refractivity contribution in [1.82, 2.24) is 9.55 Å². The number of rotatable bonds is 5. The van der Waals surface area contributed by atoms with Gasteiger partial charge >= 0.3 is 0 Å². The smallest absolute Gasteiger partial charge is 0.163 e. The van der Waals surface area contributed by atoms with Crippen LogP contribution in [0.5, 0.6) is 11.5 Å². The summed E-state index contributed by atoms with van der Waals surface area (Å²) in [5.41, 5.74) is 3.15. The van der Waals surface area contributed by atoms with Gasteiger partial charge in [-0.15, -0.1) is 0 Å². The number of imidazole rings is 1. The summed E-state index contributed by atoms with van der Waals surface area (Å²) in [6.45, 7) is 2.03. The second-order valence-electron chi connectivity index (χ2n) is 5.90. The van der Waals surface area contributed by atoms with E-state index in [0.29, 0.717) is 19.6 Å². The van der Waals surface area contributed by atoms with Gasteiger partial charge in [0.2, 0.25) is 0 Å². The molecule has 5 nitrogen and oxygen atoms in total. The van der Waals surface area contributed by atoms with Crippen LogP contribution < -0.4 is 9.47 Å². The van der Waals surface area contributed by atoms with Gasteiger partial charge in [0.1, 0.15) is 19.0 Å². The summed E-state index contributed by atoms with van der Waals surface area (Å²) in [5.74, 6) is 2.52. The van der Waals surface area contributed by atoms with Crippen LogP contribution in [0.3, 0.4) is 0 Å². The predicted molar refractivity (Wildman–Crippen MR) is 91.7 cm³/mol. The molecule has 24 heavy (non-hydrogen) atoms. The minimum absolute atomic E-state index is 0.162. The Morgan fingerprint density at radius 2 is 1.79 bits per heavy atom. The lowest BCUT2D eigenvalue weighted by molar-refractivity contribution is 0.172. The van der Waals surface area contributed by atoms with Crippen molar-refractivity contribution in [2.24, 2.45) is 0 Å². The van der Waals surface area contributed by atoms with Gasteiger partial charge in [0.15, 0.2) is 11.5 Å². The Morgan fingerprint density at radius 3 is 2.54 bits per heavy atom. The van der Waals surface area contributed by atoms with Gasteiger partial charge in [-0.25, -0.2) is 4.98 Å². The lowest BCUT2D eigenvalue weighted by Crippen LogP contribution is -2.15. The van der Waals surface area contributed by atoms with Gasteiger partial charge in [0.05, 0.1) is 11.0 Å². The highest BCUT2D eigenvalue weighted by Gasteiger charge is 2.18. The van der Waals surface area contributed by atoms with Crippen LogP contribution in [0.15, 0.2) is 42.5 Å². The van der Waals surface area contributed by atoms with Gasteiger partial charge < -0.3 is 19.1 Å². The van der Waals surface area contributed by atoms with Crippen molar-refractivity contribution < 1.29 is 14.6 Å². The van der Waals surface area contributed by atoms with E-state index in [1.165, 1.54) is 5.56 Å². The number of ether oxygens (including phenoxy) is 2. The predicted octanol–water partition coefficient (Wildman–Crippen LogP) is 2.78. The van der Waals surface area contributed by atoms with E-state index < -0.39 is 0 Å². The molecule has 0 spiro atoms. The Labute approximate surface area is 140 Å². The fraction of sp³-hybridized carbons (Fsp3) is 0.316. The summed E-state index contributed by atoms with van der Waals surface area (Å²) < 4.78 is 13.5. The Balaban J connectivity index is 1.79. The van der Waals surface area contributed by atoms with Gasteiger partial charge in [0.25, 0.3) is 0 Å². The number of aryl methyl sites for hydroxylation is 1. The van der Waals surface area contributed by atoms with Crippen molar-refractivity contribution in [1.29, 1.82) is 0 Å². The van der Waals surface area contributed by atoms with Crippen LogP contribution in [0.1, 0.15) is 17.8 Å². The number of hydrogen-bond acceptors (Lipinski definition) is 4. The molecule has 0 amide bonds. The fourth-order valence-corrected chi connectivity index (χ4v) is 3.10. The van der Waals surface area contributed by atoms with Crippen LogP contribution in [-0.4, -0.2) is 34.5 Å². The standard InChI is InChI=1S/C19H20N2O3/c22-8-4-7-21-16-13-18-17(23-9-10-24-18)12-15(16)20-19(21)11-14-5-2-1-3-6-14/h1-3,5-6,12-13,22H,4,7-11H2. The zero-order valence-electron chi connectivity index (χ0n) is 13.4. The number of aliphatic hydroxyl groups excluding tert-OH is 1. The Hall–Kier alpha value is -2.53. The van der Waals surface area contributed by atoms with E-state index in [-0.39, 0.29) is 6.61 Å². The van der Waals surface area contributed by atoms with E-state index in [1.54, 1.807) is 0 Å². The molecule has 0 atom stereocenters. The highest BCUT2D eigenvalue weighted by molar-refractivity contribution is 5.81. The topological polar surface area (TPSA) is 56.5 Å². The third kappa shape index (κ3) is 2.83. The van der Waals surface area contributed by atoms with E-state index in [0.717, 1.165) is 41.3 Å². The SMILES string of the molecule is OCCCn1c(Cc2ccccc2)nc2cc3c(cc21)OCCO3. The summed E-state index contributed by atoms with van der Waals surface area (Å²) in [7, 11) is 0. The molecule has 2 aromatic carbocycles. The van der Waals surface area contributed by atoms with Gasteiger partial charge in [-0.05, 0) is 12.0 Å². The maximum atomic E-state index is 9.23. The van der Waals surface area contributed by atoms with Gasteiger partial charge in [-0.1, -0.05) is 30.3 Å². The molecular formula is C19H20N2O3. The lowest BCUT2D eigenvalue weighted by atomic mass is 10.1. The maximum Gasteiger partial charge on any atom is 0.163 e. The van der Waals surface area contributed by atoms with Crippen molar-refractivity contribution in [3.05, 3.63) is 53.9 Å². The van der Waals surface area contributed by atoms with E-state index in [4.69, 9.17) is 14.5 Å². The summed E-state index contributed by atoms with van der Waals surface area (Å²) in [6, 6.07) is 14.3. The Morgan fingerprint density at radius 1 is 1.04 bits per heavy atom. The molecule has 0 saturated carbocycles. The molecule has 1 aliphatic heterocycles. The molecule has 0 aliphatic carbocycles. The van der Waals surface area contributed by atoms with Crippen LogP contribution in [0.25, 0.3) is 11.0 Å². The Bertz CT molecular complexity index is 843. The maximum absolute atomic E-state index is 9.23. The molecule has 1 N–H and O–H groups in total. The first kappa shape index (κ1) is 15.0. The minimum Gasteiger partial charge on any atom is -0.486 e. The molecule has 124 valence electrons. The average Bonchev–Trinajstić information content (AvgIpc) is 2.94. The van der Waals surface area contributed by atoms with Crippen LogP contribution >= 0.6 is 0 Å². The highest BCUT2D eigenvalue weighted by atomic mass is 16.6. The number of aromatic nitrogens is 2. The number of fused-ring (bicyclic) bond motifs is 2. The molecule has 5 heteroatoms. The molecule has 2 heterocycles. The van der Waals surface area contributed by atoms with Gasteiger partial charge in [-0.3, -0.25) is 0 Å². The number of aliphatic hydroxyl groups is 1. The molecule has 1 aliphatic rings. The largest absolute Gasteiger partial charge is 0.486 e. The van der Waals surface area contributed by atoms with Crippen molar-refractivity contribution in [3.8, 4) is 11.5 Å². The quantitative estimate of drug-likeness (QED) is 0.784. The number of nitrogens with zero attached hydrogens (tertiary/aromatic N) is 2. The third-order valence-corrected chi connectivity index (χ3v) is 4.24. The molecule has 1 aromatic heterocycles. The first-order chi connectivity index (χ1) is 11.8. The molecule has 3 aromatic rings. The normalized spacial score (nSPS) is 13.4. The van der Waals surface area contributed by atoms with E-state index in [1.807, 2.05) is 30.3 Å². The average molecular weight is 324 g/mol. The second kappa shape index (κ2) is 6.53. The molecule has 0 bridgehead atoms. The third-order valence-electron chi connectivity index (χ3n) is 4.24. The van der Waals surface area contributed by atoms with Crippen LogP contribution in [-0.2, 0) is 13.0 Å². The van der Waals surface area contributed by atoms with E-state index >= 15 is 0 Å². The fourth-order valence-electron chi connectivity index (χ4n) is 3.10. The monoisotopic (exact) mass is 324 g/mol. The molecule has 0 radical (unpaired) electrons. The van der Waals surface area contributed by atoms with Crippen LogP contribution in [0.4, 0.5) is 0 Å². The Kier molecular flexibility index (Phi) is 4.09. The summed E-state index contributed by atoms with van der Waals surface area (Å²) >= 11 is 0. The first-order valence-electron chi connectivity index (χ1n) is 8.28. The summed E-state index contributed by atoms with van der Waals surface area (Å²) in [6.07, 6.45) is 1.45. The minimum atomic E-state index is 0.162. The van der Waals surface area contributed by atoms with Gasteiger partial charge in [-0.2, -0.15) is 0 Å². The van der Waals surface area contributed by atoms with Crippen molar-refractivity contribution in [2.45, 2.75) is 19.4 Å². The molecule has 0 fully saturated rings. The first-order valence-corrected chi connectivity index (χ1v) is 8.28. The van der Waals surface area contributed by atoms with Crippen molar-refractivity contribution >= 4 is 11.0 Å². The molecule has 4 rings (SSSR count). The van der Waals surface area contributed by atoms with Crippen LogP contribution in [0.2, 0.25) is 0 Å². The van der Waals surface area contributed by atoms with E-state index in [9.17, 15) is 5.11 Å². The molecular weight excluding hydrogens is 304 g/mol. The number of hydrogen-bond donors (Lipinski definition) is 1. The zero-order chi connectivity index (χ0) is 16.4. The van der Waals surface area contributed by atoms with Crippen molar-refractivity contribution in [3.63, 3.8) is 0 Å². The summed E-state index contributed by atoms with van der Waals surface area (Å²) in [5, 5.41) is 9.23.